The van der Waals surface area contributed by atoms with Gasteiger partial charge in [-0.15, -0.1) is 11.3 Å². The lowest BCUT2D eigenvalue weighted by Gasteiger charge is -2.42. The first-order valence-electron chi connectivity index (χ1n) is 15.1. The monoisotopic (exact) mass is 610 g/mol. The van der Waals surface area contributed by atoms with Crippen molar-refractivity contribution in [2.75, 3.05) is 0 Å². The Hall–Kier alpha value is -5.03. The predicted molar refractivity (Wildman–Crippen MR) is 188 cm³/mol. The third kappa shape index (κ3) is 4.10. The minimum absolute atomic E-state index is 0.503. The lowest BCUT2D eigenvalue weighted by atomic mass is 9.64. The van der Waals surface area contributed by atoms with E-state index in [2.05, 4.69) is 158 Å². The van der Waals surface area contributed by atoms with E-state index in [-0.39, 0.29) is 0 Å². The highest BCUT2D eigenvalue weighted by Crippen LogP contribution is 2.56. The van der Waals surface area contributed by atoms with Gasteiger partial charge in [-0.05, 0) is 46.5 Å². The molecule has 212 valence electrons. The summed E-state index contributed by atoms with van der Waals surface area (Å²) in [4.78, 5) is 13.1. The number of hydrogen-bond acceptors (Lipinski definition) is 4. The molecular weight excluding hydrogens is 585 g/mol. The van der Waals surface area contributed by atoms with Gasteiger partial charge in [-0.2, -0.15) is 0 Å². The fourth-order valence-electron chi connectivity index (χ4n) is 6.86. The number of thiophene rings is 1. The summed E-state index contributed by atoms with van der Waals surface area (Å²) >= 11 is 3.61. The molecular formula is C41H26N2S2. The van der Waals surface area contributed by atoms with E-state index < -0.39 is 5.41 Å². The third-order valence-corrected chi connectivity index (χ3v) is 11.2. The van der Waals surface area contributed by atoms with Crippen LogP contribution < -0.4 is 0 Å². The molecule has 1 aliphatic heterocycles. The van der Waals surface area contributed by atoms with Crippen LogP contribution in [0.15, 0.2) is 168 Å². The van der Waals surface area contributed by atoms with Crippen molar-refractivity contribution in [2.45, 2.75) is 15.2 Å². The molecule has 0 spiro atoms. The fraction of sp³-hybridized carbons (Fsp3) is 0.0244. The summed E-state index contributed by atoms with van der Waals surface area (Å²) in [6, 6.07) is 56.6. The van der Waals surface area contributed by atoms with Crippen molar-refractivity contribution in [3.63, 3.8) is 0 Å². The lowest BCUT2D eigenvalue weighted by Crippen LogP contribution is -2.34. The van der Waals surface area contributed by atoms with Crippen molar-refractivity contribution in [3.05, 3.63) is 180 Å². The van der Waals surface area contributed by atoms with E-state index in [1.807, 2.05) is 11.8 Å². The van der Waals surface area contributed by atoms with E-state index >= 15 is 0 Å². The molecule has 9 rings (SSSR count). The molecule has 0 N–H and O–H groups in total. The molecule has 0 saturated carbocycles. The van der Waals surface area contributed by atoms with Gasteiger partial charge >= 0.3 is 0 Å². The Morgan fingerprint density at radius 3 is 1.87 bits per heavy atom. The first-order chi connectivity index (χ1) is 22.3. The topological polar surface area (TPSA) is 25.8 Å². The normalized spacial score (nSPS) is 13.4. The Morgan fingerprint density at radius 1 is 0.489 bits per heavy atom. The van der Waals surface area contributed by atoms with E-state index in [1.165, 1.54) is 42.1 Å². The molecule has 2 aromatic heterocycles. The van der Waals surface area contributed by atoms with Crippen LogP contribution in [0.4, 0.5) is 0 Å². The molecule has 0 unspecified atom stereocenters. The van der Waals surface area contributed by atoms with Crippen LogP contribution in [0.2, 0.25) is 0 Å². The van der Waals surface area contributed by atoms with Crippen molar-refractivity contribution in [1.29, 1.82) is 0 Å². The SMILES string of the molecule is c1ccc(-c2nc(-c3ccc4c(c3)C(c3ccccc3)(c3ccccc3)c3ccccc3S4)nc3c2sc2ccccc23)cc1. The average Bonchev–Trinajstić information content (AvgIpc) is 3.50. The van der Waals surface area contributed by atoms with Crippen molar-refractivity contribution >= 4 is 43.4 Å². The maximum Gasteiger partial charge on any atom is 0.160 e. The second kappa shape index (κ2) is 10.6. The predicted octanol–water partition coefficient (Wildman–Crippen LogP) is 11.0. The van der Waals surface area contributed by atoms with Crippen LogP contribution >= 0.6 is 23.1 Å². The maximum absolute atomic E-state index is 5.32. The van der Waals surface area contributed by atoms with Crippen LogP contribution in [0.1, 0.15) is 22.3 Å². The summed E-state index contributed by atoms with van der Waals surface area (Å²) < 4.78 is 2.35. The van der Waals surface area contributed by atoms with Gasteiger partial charge in [0.05, 0.1) is 21.3 Å². The smallest absolute Gasteiger partial charge is 0.160 e. The largest absolute Gasteiger partial charge is 0.226 e. The maximum atomic E-state index is 5.32. The molecule has 8 aromatic rings. The highest BCUT2D eigenvalue weighted by Gasteiger charge is 2.44. The van der Waals surface area contributed by atoms with Crippen LogP contribution in [-0.2, 0) is 5.41 Å². The number of rotatable bonds is 4. The molecule has 0 aliphatic carbocycles. The standard InChI is InChI=1S/C41H26N2S2/c1-4-14-27(15-5-1)37-39-38(31-20-10-12-22-34(31)45-39)43-40(42-37)28-24-25-36-33(26-28)41(29-16-6-2-7-17-29,30-18-8-3-9-19-30)32-21-11-13-23-35(32)44-36/h1-26H. The van der Waals surface area contributed by atoms with Crippen molar-refractivity contribution < 1.29 is 0 Å². The molecule has 0 fully saturated rings. The Kier molecular flexibility index (Phi) is 6.19. The van der Waals surface area contributed by atoms with E-state index in [1.54, 1.807) is 11.3 Å². The Labute approximate surface area is 270 Å². The average molecular weight is 611 g/mol. The van der Waals surface area contributed by atoms with Gasteiger partial charge in [-0.3, -0.25) is 0 Å². The summed E-state index contributed by atoms with van der Waals surface area (Å²) in [5.74, 6) is 0.742. The van der Waals surface area contributed by atoms with E-state index in [9.17, 15) is 0 Å². The highest BCUT2D eigenvalue weighted by atomic mass is 32.2. The second-order valence-electron chi connectivity index (χ2n) is 11.3. The number of fused-ring (bicyclic) bond motifs is 5. The molecule has 3 heterocycles. The van der Waals surface area contributed by atoms with Gasteiger partial charge in [0, 0.05) is 31.0 Å². The van der Waals surface area contributed by atoms with Crippen molar-refractivity contribution in [3.8, 4) is 22.6 Å². The number of hydrogen-bond donors (Lipinski definition) is 0. The molecule has 6 aromatic carbocycles. The summed E-state index contributed by atoms with van der Waals surface area (Å²) in [5.41, 5.74) is 8.63. The van der Waals surface area contributed by atoms with Gasteiger partial charge in [0.1, 0.15) is 0 Å². The molecule has 0 atom stereocenters. The van der Waals surface area contributed by atoms with Crippen LogP contribution in [0, 0.1) is 0 Å². The van der Waals surface area contributed by atoms with E-state index in [0.717, 1.165) is 32.9 Å². The quantitative estimate of drug-likeness (QED) is 0.198. The van der Waals surface area contributed by atoms with Crippen molar-refractivity contribution in [1.82, 2.24) is 9.97 Å². The van der Waals surface area contributed by atoms with E-state index in [4.69, 9.17) is 9.97 Å². The summed E-state index contributed by atoms with van der Waals surface area (Å²) in [6.07, 6.45) is 0. The first-order valence-corrected chi connectivity index (χ1v) is 16.7. The van der Waals surface area contributed by atoms with Crippen LogP contribution in [0.3, 0.4) is 0 Å². The van der Waals surface area contributed by atoms with E-state index in [0.29, 0.717) is 0 Å². The third-order valence-electron chi connectivity index (χ3n) is 8.83. The fourth-order valence-corrected chi connectivity index (χ4v) is 9.18. The zero-order chi connectivity index (χ0) is 29.8. The molecule has 0 amide bonds. The van der Waals surface area contributed by atoms with Gasteiger partial charge in [0.2, 0.25) is 0 Å². The number of benzene rings is 6. The van der Waals surface area contributed by atoms with Gasteiger partial charge in [-0.1, -0.05) is 145 Å². The number of aromatic nitrogens is 2. The van der Waals surface area contributed by atoms with Gasteiger partial charge in [0.15, 0.2) is 5.82 Å². The summed E-state index contributed by atoms with van der Waals surface area (Å²) in [6.45, 7) is 0. The molecule has 2 nitrogen and oxygen atoms in total. The molecule has 0 saturated heterocycles. The minimum atomic E-state index is -0.503. The molecule has 4 heteroatoms. The van der Waals surface area contributed by atoms with Crippen molar-refractivity contribution in [2.24, 2.45) is 0 Å². The Morgan fingerprint density at radius 2 is 1.11 bits per heavy atom. The number of nitrogens with zero attached hydrogens (tertiary/aromatic N) is 2. The lowest BCUT2D eigenvalue weighted by molar-refractivity contribution is 0.703. The van der Waals surface area contributed by atoms with Crippen LogP contribution in [0.25, 0.3) is 42.9 Å². The Balaban J connectivity index is 1.35. The van der Waals surface area contributed by atoms with Crippen LogP contribution in [-0.4, -0.2) is 9.97 Å². The van der Waals surface area contributed by atoms with Crippen LogP contribution in [0.5, 0.6) is 0 Å². The highest BCUT2D eigenvalue weighted by molar-refractivity contribution is 7.99. The van der Waals surface area contributed by atoms with Gasteiger partial charge in [0.25, 0.3) is 0 Å². The zero-order valence-electron chi connectivity index (χ0n) is 24.2. The molecule has 0 radical (unpaired) electrons. The minimum Gasteiger partial charge on any atom is -0.226 e. The molecule has 45 heavy (non-hydrogen) atoms. The molecule has 1 aliphatic rings. The summed E-state index contributed by atoms with van der Waals surface area (Å²) in [7, 11) is 0. The first kappa shape index (κ1) is 26.4. The Bertz CT molecular complexity index is 2310. The van der Waals surface area contributed by atoms with Gasteiger partial charge < -0.3 is 0 Å². The zero-order valence-corrected chi connectivity index (χ0v) is 25.9. The summed E-state index contributed by atoms with van der Waals surface area (Å²) in [5, 5.41) is 1.17. The van der Waals surface area contributed by atoms with Gasteiger partial charge in [-0.25, -0.2) is 9.97 Å². The second-order valence-corrected chi connectivity index (χ2v) is 13.5. The molecule has 0 bridgehead atoms.